The Bertz CT molecular complexity index is 186. The van der Waals surface area contributed by atoms with Crippen LogP contribution in [0.4, 0.5) is 0 Å². The fourth-order valence-corrected chi connectivity index (χ4v) is 1.78. The van der Waals surface area contributed by atoms with Crippen LogP contribution in [0, 0.1) is 0 Å². The zero-order valence-electron chi connectivity index (χ0n) is 8.72. The number of amides is 1. The fraction of sp³-hybridized carbons (Fsp3) is 0.727. The van der Waals surface area contributed by atoms with Gasteiger partial charge in [-0.2, -0.15) is 0 Å². The molecule has 1 rings (SSSR count). The van der Waals surface area contributed by atoms with Gasteiger partial charge in [-0.15, -0.1) is 6.58 Å². The summed E-state index contributed by atoms with van der Waals surface area (Å²) in [6.07, 6.45) is 7.22. The van der Waals surface area contributed by atoms with E-state index >= 15 is 0 Å². The van der Waals surface area contributed by atoms with Crippen molar-refractivity contribution >= 4 is 5.91 Å². The van der Waals surface area contributed by atoms with Gasteiger partial charge in [0.1, 0.15) is 0 Å². The minimum absolute atomic E-state index is 0.175. The summed E-state index contributed by atoms with van der Waals surface area (Å²) in [5.74, 6) is 0.175. The van der Waals surface area contributed by atoms with Crippen molar-refractivity contribution in [3.05, 3.63) is 12.7 Å². The minimum atomic E-state index is 0.175. The van der Waals surface area contributed by atoms with E-state index in [9.17, 15) is 4.79 Å². The average Bonchev–Trinajstić information content (AvgIpc) is 2.65. The Morgan fingerprint density at radius 1 is 1.43 bits per heavy atom. The van der Waals surface area contributed by atoms with Crippen LogP contribution in [0.25, 0.3) is 0 Å². The van der Waals surface area contributed by atoms with E-state index in [1.54, 1.807) is 6.08 Å². The molecule has 0 bridgehead atoms. The molecule has 2 N–H and O–H groups in total. The molecule has 3 nitrogen and oxygen atoms in total. The molecule has 1 aliphatic rings. The van der Waals surface area contributed by atoms with Crippen LogP contribution in [0.2, 0.25) is 0 Å². The van der Waals surface area contributed by atoms with E-state index in [0.717, 1.165) is 25.9 Å². The lowest BCUT2D eigenvalue weighted by atomic mass is 10.2. The minimum Gasteiger partial charge on any atom is -0.353 e. The van der Waals surface area contributed by atoms with Crippen molar-refractivity contribution in [1.29, 1.82) is 0 Å². The largest absolute Gasteiger partial charge is 0.353 e. The molecule has 1 aliphatic carbocycles. The summed E-state index contributed by atoms with van der Waals surface area (Å²) in [6, 6.07) is 0.446. The highest BCUT2D eigenvalue weighted by molar-refractivity contribution is 5.76. The average molecular weight is 196 g/mol. The van der Waals surface area contributed by atoms with Crippen LogP contribution in [0.1, 0.15) is 32.1 Å². The number of hydrogen-bond donors (Lipinski definition) is 2. The molecule has 0 aromatic rings. The fourth-order valence-electron chi connectivity index (χ4n) is 1.78. The highest BCUT2D eigenvalue weighted by Gasteiger charge is 2.16. The third kappa shape index (κ3) is 4.42. The molecule has 0 aromatic carbocycles. The number of carbonyl (C=O) groups excluding carboxylic acids is 1. The summed E-state index contributed by atoms with van der Waals surface area (Å²) in [6.45, 7) is 5.11. The van der Waals surface area contributed by atoms with Crippen LogP contribution < -0.4 is 10.6 Å². The van der Waals surface area contributed by atoms with Gasteiger partial charge in [0.05, 0.1) is 0 Å². The number of rotatable bonds is 6. The summed E-state index contributed by atoms with van der Waals surface area (Å²) < 4.78 is 0. The standard InChI is InChI=1S/C11H20N2O/c1-2-8-12-9-7-11(14)13-10-5-3-4-6-10/h2,10,12H,1,3-9H2,(H,13,14). The van der Waals surface area contributed by atoms with Gasteiger partial charge in [-0.25, -0.2) is 0 Å². The van der Waals surface area contributed by atoms with Gasteiger partial charge in [0.25, 0.3) is 0 Å². The van der Waals surface area contributed by atoms with Crippen molar-refractivity contribution in [2.45, 2.75) is 38.1 Å². The predicted octanol–water partition coefficient (Wildman–Crippen LogP) is 1.21. The Kier molecular flexibility index (Phi) is 5.30. The van der Waals surface area contributed by atoms with Crippen molar-refractivity contribution in [1.82, 2.24) is 10.6 Å². The maximum absolute atomic E-state index is 11.4. The monoisotopic (exact) mass is 196 g/mol. The molecular weight excluding hydrogens is 176 g/mol. The quantitative estimate of drug-likeness (QED) is 0.495. The van der Waals surface area contributed by atoms with Gasteiger partial charge in [0, 0.05) is 25.6 Å². The molecule has 80 valence electrons. The smallest absolute Gasteiger partial charge is 0.221 e. The topological polar surface area (TPSA) is 41.1 Å². The Morgan fingerprint density at radius 3 is 2.79 bits per heavy atom. The Balaban J connectivity index is 2.00. The van der Waals surface area contributed by atoms with Gasteiger partial charge >= 0.3 is 0 Å². The molecule has 0 spiro atoms. The third-order valence-electron chi connectivity index (χ3n) is 2.54. The van der Waals surface area contributed by atoms with Crippen molar-refractivity contribution < 1.29 is 4.79 Å². The SMILES string of the molecule is C=CCNCCC(=O)NC1CCCC1. The van der Waals surface area contributed by atoms with Crippen molar-refractivity contribution in [2.24, 2.45) is 0 Å². The van der Waals surface area contributed by atoms with E-state index in [0.29, 0.717) is 12.5 Å². The molecule has 14 heavy (non-hydrogen) atoms. The van der Waals surface area contributed by atoms with Gasteiger partial charge in [0.2, 0.25) is 5.91 Å². The lowest BCUT2D eigenvalue weighted by Gasteiger charge is -2.11. The Hall–Kier alpha value is -0.830. The van der Waals surface area contributed by atoms with Gasteiger partial charge < -0.3 is 10.6 Å². The lowest BCUT2D eigenvalue weighted by molar-refractivity contribution is -0.121. The summed E-state index contributed by atoms with van der Waals surface area (Å²) in [4.78, 5) is 11.4. The number of hydrogen-bond acceptors (Lipinski definition) is 2. The van der Waals surface area contributed by atoms with Gasteiger partial charge in [0.15, 0.2) is 0 Å². The molecule has 0 aromatic heterocycles. The first-order chi connectivity index (χ1) is 6.83. The van der Waals surface area contributed by atoms with Crippen LogP contribution in [0.15, 0.2) is 12.7 Å². The highest BCUT2D eigenvalue weighted by atomic mass is 16.1. The van der Waals surface area contributed by atoms with Gasteiger partial charge in [-0.3, -0.25) is 4.79 Å². The third-order valence-corrected chi connectivity index (χ3v) is 2.54. The van der Waals surface area contributed by atoms with Crippen molar-refractivity contribution in [2.75, 3.05) is 13.1 Å². The van der Waals surface area contributed by atoms with Gasteiger partial charge in [-0.1, -0.05) is 18.9 Å². The van der Waals surface area contributed by atoms with E-state index in [2.05, 4.69) is 17.2 Å². The van der Waals surface area contributed by atoms with Crippen molar-refractivity contribution in [3.63, 3.8) is 0 Å². The van der Waals surface area contributed by atoms with Crippen molar-refractivity contribution in [3.8, 4) is 0 Å². The zero-order valence-corrected chi connectivity index (χ0v) is 8.72. The first kappa shape index (κ1) is 11.2. The summed E-state index contributed by atoms with van der Waals surface area (Å²) >= 11 is 0. The molecule has 0 atom stereocenters. The van der Waals surface area contributed by atoms with E-state index in [1.165, 1.54) is 12.8 Å². The van der Waals surface area contributed by atoms with Crippen LogP contribution in [-0.4, -0.2) is 25.0 Å². The molecule has 1 saturated carbocycles. The first-order valence-corrected chi connectivity index (χ1v) is 5.44. The summed E-state index contributed by atoms with van der Waals surface area (Å²) in [5, 5.41) is 6.16. The molecule has 1 fully saturated rings. The Labute approximate surface area is 86.0 Å². The van der Waals surface area contributed by atoms with Crippen LogP contribution in [0.3, 0.4) is 0 Å². The molecule has 3 heteroatoms. The maximum Gasteiger partial charge on any atom is 0.221 e. The van der Waals surface area contributed by atoms with Crippen LogP contribution in [0.5, 0.6) is 0 Å². The summed E-state index contributed by atoms with van der Waals surface area (Å²) in [5.41, 5.74) is 0. The van der Waals surface area contributed by atoms with Gasteiger partial charge in [-0.05, 0) is 12.8 Å². The number of carbonyl (C=O) groups is 1. The molecule has 0 radical (unpaired) electrons. The van der Waals surface area contributed by atoms with Crippen LogP contribution in [-0.2, 0) is 4.79 Å². The van der Waals surface area contributed by atoms with E-state index in [4.69, 9.17) is 0 Å². The second-order valence-electron chi connectivity index (χ2n) is 3.79. The van der Waals surface area contributed by atoms with E-state index < -0.39 is 0 Å². The number of nitrogens with one attached hydrogen (secondary N) is 2. The maximum atomic E-state index is 11.4. The Morgan fingerprint density at radius 2 is 2.14 bits per heavy atom. The molecule has 1 amide bonds. The lowest BCUT2D eigenvalue weighted by Crippen LogP contribution is -2.34. The summed E-state index contributed by atoms with van der Waals surface area (Å²) in [7, 11) is 0. The normalized spacial score (nSPS) is 16.9. The molecule has 0 unspecified atom stereocenters. The first-order valence-electron chi connectivity index (χ1n) is 5.44. The highest BCUT2D eigenvalue weighted by Crippen LogP contribution is 2.17. The van der Waals surface area contributed by atoms with E-state index in [1.807, 2.05) is 0 Å². The molecule has 0 aliphatic heterocycles. The molecule has 0 heterocycles. The second-order valence-corrected chi connectivity index (χ2v) is 3.79. The molecular formula is C11H20N2O. The van der Waals surface area contributed by atoms with E-state index in [-0.39, 0.29) is 5.91 Å². The molecule has 0 saturated heterocycles. The second kappa shape index (κ2) is 6.60. The van der Waals surface area contributed by atoms with Crippen LogP contribution >= 0.6 is 0 Å². The predicted molar refractivity (Wildman–Crippen MR) is 58.1 cm³/mol. The zero-order chi connectivity index (χ0) is 10.2.